The third kappa shape index (κ3) is 3.42. The third-order valence-corrected chi connectivity index (χ3v) is 6.17. The molecule has 0 radical (unpaired) electrons. The van der Waals surface area contributed by atoms with Crippen molar-refractivity contribution in [2.75, 3.05) is 0 Å². The molecular weight excluding hydrogens is 409 g/mol. The van der Waals surface area contributed by atoms with Gasteiger partial charge in [-0.2, -0.15) is 0 Å². The fourth-order valence-corrected chi connectivity index (χ4v) is 4.92. The number of aromatic nitrogens is 6. The first-order valence-corrected chi connectivity index (χ1v) is 10.6. The molecule has 1 aliphatic rings. The molecule has 1 saturated heterocycles. The normalized spacial score (nSPS) is 22.3. The maximum Gasteiger partial charge on any atom is 0.162 e. The van der Waals surface area contributed by atoms with Gasteiger partial charge in [0.15, 0.2) is 5.65 Å². The van der Waals surface area contributed by atoms with Gasteiger partial charge in [0, 0.05) is 34.3 Å². The predicted molar refractivity (Wildman–Crippen MR) is 119 cm³/mol. The summed E-state index contributed by atoms with van der Waals surface area (Å²) < 4.78 is 18.9. The number of nitrogens with zero attached hydrogens (tertiary/aromatic N) is 6. The molecule has 0 aliphatic carbocycles. The maximum absolute atomic E-state index is 15.4. The van der Waals surface area contributed by atoms with Crippen LogP contribution in [-0.4, -0.2) is 52.1 Å². The van der Waals surface area contributed by atoms with Gasteiger partial charge < -0.3 is 15.0 Å². The average molecular weight is 436 g/mol. The Morgan fingerprint density at radius 1 is 1.09 bits per heavy atom. The first-order valence-electron chi connectivity index (χ1n) is 10.6. The Labute approximate surface area is 185 Å². The number of nitrogens with one attached hydrogen (secondary N) is 1. The standard InChI is InChI=1S/C23H26FN7O/c1-22(2)13-18(20(24)23(3,4)28-22)30-9-7-14-11-17(26-27-21(14)30)16-6-5-15(12-19(16)32)31-10-8-25-29-31/h5-12,18,20,28,32H,13H2,1-4H3/t18?,20-/m0/s1. The lowest BCUT2D eigenvalue weighted by Crippen LogP contribution is -2.64. The molecule has 32 heavy (non-hydrogen) atoms. The Morgan fingerprint density at radius 2 is 1.91 bits per heavy atom. The molecule has 8 nitrogen and oxygen atoms in total. The predicted octanol–water partition coefficient (Wildman–Crippen LogP) is 3.81. The Balaban J connectivity index is 1.51. The molecule has 2 N–H and O–H groups in total. The van der Waals surface area contributed by atoms with Gasteiger partial charge in [-0.1, -0.05) is 5.21 Å². The summed E-state index contributed by atoms with van der Waals surface area (Å²) in [4.78, 5) is 0. The summed E-state index contributed by atoms with van der Waals surface area (Å²) >= 11 is 0. The number of hydrogen-bond donors (Lipinski definition) is 2. The summed E-state index contributed by atoms with van der Waals surface area (Å²) in [6, 6.07) is 8.64. The van der Waals surface area contributed by atoms with Gasteiger partial charge in [0.05, 0.1) is 29.8 Å². The second kappa shape index (κ2) is 7.09. The van der Waals surface area contributed by atoms with Crippen LogP contribution in [0.2, 0.25) is 0 Å². The number of aromatic hydroxyl groups is 1. The molecule has 9 heteroatoms. The van der Waals surface area contributed by atoms with Crippen molar-refractivity contribution >= 4 is 11.0 Å². The van der Waals surface area contributed by atoms with Crippen molar-refractivity contribution in [3.05, 3.63) is 48.9 Å². The number of halogens is 1. The Kier molecular flexibility index (Phi) is 4.56. The van der Waals surface area contributed by atoms with E-state index >= 15 is 4.39 Å². The molecule has 4 aromatic rings. The van der Waals surface area contributed by atoms with E-state index in [2.05, 4.69) is 39.7 Å². The third-order valence-electron chi connectivity index (χ3n) is 6.17. The van der Waals surface area contributed by atoms with Crippen molar-refractivity contribution in [2.45, 2.75) is 57.4 Å². The molecule has 0 saturated carbocycles. The van der Waals surface area contributed by atoms with Crippen molar-refractivity contribution in [1.29, 1.82) is 0 Å². The highest BCUT2D eigenvalue weighted by molar-refractivity contribution is 5.81. The van der Waals surface area contributed by atoms with Gasteiger partial charge in [-0.05, 0) is 58.4 Å². The van der Waals surface area contributed by atoms with Crippen molar-refractivity contribution in [3.63, 3.8) is 0 Å². The summed E-state index contributed by atoms with van der Waals surface area (Å²) in [5.41, 5.74) is 1.55. The van der Waals surface area contributed by atoms with Crippen LogP contribution in [0.15, 0.2) is 48.9 Å². The molecule has 166 valence electrons. The van der Waals surface area contributed by atoms with E-state index in [1.54, 1.807) is 29.2 Å². The smallest absolute Gasteiger partial charge is 0.162 e. The summed E-state index contributed by atoms with van der Waals surface area (Å²) in [5.74, 6) is 0.0664. The minimum absolute atomic E-state index is 0.0664. The highest BCUT2D eigenvalue weighted by atomic mass is 19.1. The topological polar surface area (TPSA) is 93.7 Å². The molecule has 0 bridgehead atoms. The lowest BCUT2D eigenvalue weighted by molar-refractivity contribution is 0.0313. The fraction of sp³-hybridized carbons (Fsp3) is 0.391. The van der Waals surface area contributed by atoms with Crippen molar-refractivity contribution < 1.29 is 9.50 Å². The van der Waals surface area contributed by atoms with E-state index in [-0.39, 0.29) is 17.3 Å². The van der Waals surface area contributed by atoms with Crippen LogP contribution in [0.5, 0.6) is 5.75 Å². The SMILES string of the molecule is CC1(C)CC(n2ccc3cc(-c4ccc(-n5ccnn5)cc4O)nnc32)[C@H](F)C(C)(C)N1. The van der Waals surface area contributed by atoms with Crippen LogP contribution in [0.25, 0.3) is 28.0 Å². The Bertz CT molecular complexity index is 1280. The summed E-state index contributed by atoms with van der Waals surface area (Å²) in [6.45, 7) is 7.98. The molecule has 0 spiro atoms. The zero-order valence-electron chi connectivity index (χ0n) is 18.5. The molecular formula is C23H26FN7O. The van der Waals surface area contributed by atoms with E-state index in [1.807, 2.05) is 42.8 Å². The fourth-order valence-electron chi connectivity index (χ4n) is 4.92. The van der Waals surface area contributed by atoms with Crippen molar-refractivity contribution in [2.24, 2.45) is 0 Å². The average Bonchev–Trinajstić information content (AvgIpc) is 3.39. The number of phenols is 1. The minimum Gasteiger partial charge on any atom is -0.507 e. The van der Waals surface area contributed by atoms with E-state index in [1.165, 1.54) is 0 Å². The Morgan fingerprint density at radius 3 is 2.62 bits per heavy atom. The van der Waals surface area contributed by atoms with Gasteiger partial charge in [0.2, 0.25) is 0 Å². The highest BCUT2D eigenvalue weighted by Crippen LogP contribution is 2.40. The molecule has 5 rings (SSSR count). The highest BCUT2D eigenvalue weighted by Gasteiger charge is 2.47. The number of benzene rings is 1. The molecule has 0 amide bonds. The number of hydrogen-bond acceptors (Lipinski definition) is 6. The Hall–Kier alpha value is -3.33. The molecule has 1 fully saturated rings. The largest absolute Gasteiger partial charge is 0.507 e. The van der Waals surface area contributed by atoms with Crippen LogP contribution in [0.4, 0.5) is 4.39 Å². The van der Waals surface area contributed by atoms with Crippen LogP contribution in [0.3, 0.4) is 0 Å². The number of phenolic OH excluding ortho intramolecular Hbond substituents is 1. The number of piperidine rings is 1. The molecule has 1 unspecified atom stereocenters. The van der Waals surface area contributed by atoms with Crippen LogP contribution in [0, 0.1) is 0 Å². The summed E-state index contributed by atoms with van der Waals surface area (Å²) in [6.07, 6.45) is 4.70. The van der Waals surface area contributed by atoms with Gasteiger partial charge in [-0.25, -0.2) is 9.07 Å². The van der Waals surface area contributed by atoms with Crippen molar-refractivity contribution in [3.8, 4) is 22.7 Å². The van der Waals surface area contributed by atoms with Gasteiger partial charge in [-0.3, -0.25) is 0 Å². The van der Waals surface area contributed by atoms with Gasteiger partial charge in [0.25, 0.3) is 0 Å². The molecule has 2 atom stereocenters. The van der Waals surface area contributed by atoms with E-state index in [9.17, 15) is 5.11 Å². The maximum atomic E-state index is 15.4. The number of rotatable bonds is 3. The van der Waals surface area contributed by atoms with Crippen LogP contribution < -0.4 is 5.32 Å². The summed E-state index contributed by atoms with van der Waals surface area (Å²) in [5, 5.41) is 31.3. The first kappa shape index (κ1) is 20.6. The lowest BCUT2D eigenvalue weighted by Gasteiger charge is -2.49. The minimum atomic E-state index is -1.08. The van der Waals surface area contributed by atoms with E-state index in [4.69, 9.17) is 0 Å². The number of alkyl halides is 1. The summed E-state index contributed by atoms with van der Waals surface area (Å²) in [7, 11) is 0. The molecule has 1 aromatic carbocycles. The lowest BCUT2D eigenvalue weighted by atomic mass is 9.78. The van der Waals surface area contributed by atoms with E-state index in [0.717, 1.165) is 5.39 Å². The molecule has 3 aromatic heterocycles. The van der Waals surface area contributed by atoms with E-state index < -0.39 is 11.7 Å². The zero-order valence-corrected chi connectivity index (χ0v) is 18.5. The first-order chi connectivity index (χ1) is 15.1. The van der Waals surface area contributed by atoms with Crippen molar-refractivity contribution in [1.82, 2.24) is 35.1 Å². The molecule has 4 heterocycles. The number of fused-ring (bicyclic) bond motifs is 1. The van der Waals surface area contributed by atoms with Crippen LogP contribution in [0.1, 0.15) is 40.2 Å². The zero-order chi connectivity index (χ0) is 22.7. The van der Waals surface area contributed by atoms with Gasteiger partial charge in [-0.15, -0.1) is 15.3 Å². The van der Waals surface area contributed by atoms with Gasteiger partial charge >= 0.3 is 0 Å². The molecule has 1 aliphatic heterocycles. The second-order valence-corrected chi connectivity index (χ2v) is 9.68. The van der Waals surface area contributed by atoms with Crippen LogP contribution in [-0.2, 0) is 0 Å². The van der Waals surface area contributed by atoms with Crippen LogP contribution >= 0.6 is 0 Å². The second-order valence-electron chi connectivity index (χ2n) is 9.68. The van der Waals surface area contributed by atoms with Gasteiger partial charge in [0.1, 0.15) is 11.9 Å². The monoisotopic (exact) mass is 435 g/mol. The quantitative estimate of drug-likeness (QED) is 0.508. The van der Waals surface area contributed by atoms with E-state index in [0.29, 0.717) is 29.0 Å².